The van der Waals surface area contributed by atoms with Crippen molar-refractivity contribution in [3.63, 3.8) is 0 Å². The van der Waals surface area contributed by atoms with Gasteiger partial charge in [-0.15, -0.1) is 11.3 Å². The quantitative estimate of drug-likeness (QED) is 0.585. The van der Waals surface area contributed by atoms with Crippen molar-refractivity contribution in [3.8, 4) is 0 Å². The van der Waals surface area contributed by atoms with Crippen LogP contribution in [0.3, 0.4) is 0 Å². The number of fused-ring (bicyclic) bond motifs is 1. The highest BCUT2D eigenvalue weighted by Gasteiger charge is 2.28. The number of aryl methyl sites for hydroxylation is 2. The molecule has 1 atom stereocenters. The Morgan fingerprint density at radius 3 is 3.05 bits per heavy atom. The minimum absolute atomic E-state index is 0.278. The normalized spacial score (nSPS) is 22.6. The molecule has 0 spiro atoms. The first kappa shape index (κ1) is 14.6. The summed E-state index contributed by atoms with van der Waals surface area (Å²) in [6, 6.07) is 2.19. The lowest BCUT2D eigenvalue weighted by Gasteiger charge is -2.15. The van der Waals surface area contributed by atoms with Crippen LogP contribution in [0.1, 0.15) is 52.2 Å². The van der Waals surface area contributed by atoms with E-state index >= 15 is 0 Å². The van der Waals surface area contributed by atoms with Gasteiger partial charge >= 0.3 is 0 Å². The van der Waals surface area contributed by atoms with Crippen molar-refractivity contribution in [2.75, 3.05) is 18.4 Å². The maximum atomic E-state index is 12.6. The van der Waals surface area contributed by atoms with Gasteiger partial charge in [-0.2, -0.15) is 0 Å². The minimum atomic E-state index is 0.278. The van der Waals surface area contributed by atoms with Crippen molar-refractivity contribution in [3.05, 3.63) is 21.4 Å². The molecule has 1 saturated heterocycles. The molecule has 1 unspecified atom stereocenters. The van der Waals surface area contributed by atoms with Crippen LogP contribution in [0, 0.1) is 5.92 Å². The van der Waals surface area contributed by atoms with Crippen LogP contribution < -0.4 is 0 Å². The molecule has 3 rings (SSSR count). The number of thiophene rings is 1. The third kappa shape index (κ3) is 3.11. The number of hydrogen-bond donors (Lipinski definition) is 0. The molecule has 1 fully saturated rings. The summed E-state index contributed by atoms with van der Waals surface area (Å²) in [5, 5.41) is 1.05. The van der Waals surface area contributed by atoms with Crippen molar-refractivity contribution < 1.29 is 4.79 Å². The van der Waals surface area contributed by atoms with Crippen LogP contribution in [-0.4, -0.2) is 29.2 Å². The molecule has 1 aliphatic carbocycles. The van der Waals surface area contributed by atoms with E-state index in [1.165, 1.54) is 55.4 Å². The molecule has 110 valence electrons. The van der Waals surface area contributed by atoms with Crippen LogP contribution in [0.25, 0.3) is 0 Å². The maximum Gasteiger partial charge on any atom is 0.263 e. The molecule has 1 aliphatic heterocycles. The lowest BCUT2D eigenvalue weighted by molar-refractivity contribution is 0.0791. The second kappa shape index (κ2) is 6.61. The molecule has 0 bridgehead atoms. The lowest BCUT2D eigenvalue weighted by atomic mass is 10.1. The van der Waals surface area contributed by atoms with Crippen molar-refractivity contribution >= 4 is 33.2 Å². The van der Waals surface area contributed by atoms with Crippen molar-refractivity contribution in [2.45, 2.75) is 44.9 Å². The SMILES string of the molecule is O=C(c1cc2c(s1)CCCCC2)N1CCC(CCBr)C1. The van der Waals surface area contributed by atoms with Gasteiger partial charge in [0.2, 0.25) is 0 Å². The number of likely N-dealkylation sites (tertiary alicyclic amines) is 1. The van der Waals surface area contributed by atoms with Crippen LogP contribution in [0.4, 0.5) is 0 Å². The highest BCUT2D eigenvalue weighted by molar-refractivity contribution is 9.09. The molecule has 0 saturated carbocycles. The first-order valence-corrected chi connectivity index (χ1v) is 9.68. The van der Waals surface area contributed by atoms with Crippen LogP contribution >= 0.6 is 27.3 Å². The molecular weight excluding hydrogens is 334 g/mol. The molecule has 4 heteroatoms. The van der Waals surface area contributed by atoms with Gasteiger partial charge in [0.1, 0.15) is 0 Å². The van der Waals surface area contributed by atoms with Gasteiger partial charge in [-0.3, -0.25) is 4.79 Å². The molecule has 20 heavy (non-hydrogen) atoms. The predicted octanol–water partition coefficient (Wildman–Crippen LogP) is 4.26. The Balaban J connectivity index is 1.69. The number of amides is 1. The van der Waals surface area contributed by atoms with Crippen LogP contribution in [0.15, 0.2) is 6.07 Å². The zero-order valence-electron chi connectivity index (χ0n) is 11.9. The Bertz CT molecular complexity index is 461. The fraction of sp³-hybridized carbons (Fsp3) is 0.688. The number of carbonyl (C=O) groups excluding carboxylic acids is 1. The molecule has 2 aliphatic rings. The van der Waals surface area contributed by atoms with E-state index in [1.807, 2.05) is 0 Å². The molecular formula is C16H22BrNOS. The van der Waals surface area contributed by atoms with Crippen molar-refractivity contribution in [1.29, 1.82) is 0 Å². The molecule has 2 nitrogen and oxygen atoms in total. The van der Waals surface area contributed by atoms with Gasteiger partial charge in [-0.25, -0.2) is 0 Å². The number of nitrogens with zero attached hydrogens (tertiary/aromatic N) is 1. The van der Waals surface area contributed by atoms with E-state index in [1.54, 1.807) is 11.3 Å². The number of hydrogen-bond acceptors (Lipinski definition) is 2. The highest BCUT2D eigenvalue weighted by Crippen LogP contribution is 2.31. The molecule has 0 aromatic carbocycles. The summed E-state index contributed by atoms with van der Waals surface area (Å²) < 4.78 is 0. The second-order valence-corrected chi connectivity index (χ2v) is 7.93. The Morgan fingerprint density at radius 2 is 2.20 bits per heavy atom. The molecule has 2 heterocycles. The molecule has 0 radical (unpaired) electrons. The zero-order chi connectivity index (χ0) is 13.9. The summed E-state index contributed by atoms with van der Waals surface area (Å²) >= 11 is 5.26. The van der Waals surface area contributed by atoms with Gasteiger partial charge in [0.15, 0.2) is 0 Å². The van der Waals surface area contributed by atoms with E-state index < -0.39 is 0 Å². The van der Waals surface area contributed by atoms with Crippen LogP contribution in [-0.2, 0) is 12.8 Å². The van der Waals surface area contributed by atoms with E-state index in [2.05, 4.69) is 26.9 Å². The van der Waals surface area contributed by atoms with Gasteiger partial charge in [-0.05, 0) is 56.1 Å². The Hall–Kier alpha value is -0.350. The van der Waals surface area contributed by atoms with Crippen molar-refractivity contribution in [2.24, 2.45) is 5.92 Å². The standard InChI is InChI=1S/C16H22BrNOS/c17-8-6-12-7-9-18(11-12)16(19)15-10-13-4-2-1-3-5-14(13)20-15/h10,12H,1-9,11H2. The van der Waals surface area contributed by atoms with Crippen molar-refractivity contribution in [1.82, 2.24) is 4.90 Å². The zero-order valence-corrected chi connectivity index (χ0v) is 14.3. The Labute approximate surface area is 133 Å². The van der Waals surface area contributed by atoms with Crippen LogP contribution in [0.2, 0.25) is 0 Å². The second-order valence-electron chi connectivity index (χ2n) is 6.00. The van der Waals surface area contributed by atoms with E-state index in [4.69, 9.17) is 0 Å². The molecule has 1 aromatic heterocycles. The summed E-state index contributed by atoms with van der Waals surface area (Å²) in [5.74, 6) is 0.969. The summed E-state index contributed by atoms with van der Waals surface area (Å²) in [5.41, 5.74) is 1.45. The molecule has 1 aromatic rings. The van der Waals surface area contributed by atoms with E-state index in [0.29, 0.717) is 5.92 Å². The first-order chi connectivity index (χ1) is 9.78. The van der Waals surface area contributed by atoms with Gasteiger partial charge in [0.05, 0.1) is 4.88 Å². The summed E-state index contributed by atoms with van der Waals surface area (Å²) in [7, 11) is 0. The number of halogens is 1. The maximum absolute atomic E-state index is 12.6. The van der Waals surface area contributed by atoms with Gasteiger partial charge in [-0.1, -0.05) is 22.4 Å². The fourth-order valence-corrected chi connectivity index (χ4v) is 5.20. The third-order valence-corrected chi connectivity index (χ3v) is 6.23. The van der Waals surface area contributed by atoms with Gasteiger partial charge < -0.3 is 4.90 Å². The molecule has 0 N–H and O–H groups in total. The largest absolute Gasteiger partial charge is 0.338 e. The van der Waals surface area contributed by atoms with Gasteiger partial charge in [0, 0.05) is 23.3 Å². The topological polar surface area (TPSA) is 20.3 Å². The molecule has 1 amide bonds. The van der Waals surface area contributed by atoms with Crippen LogP contribution in [0.5, 0.6) is 0 Å². The Kier molecular flexibility index (Phi) is 4.82. The first-order valence-electron chi connectivity index (χ1n) is 7.74. The fourth-order valence-electron chi connectivity index (χ4n) is 3.34. The summed E-state index contributed by atoms with van der Waals surface area (Å²) in [4.78, 5) is 17.1. The smallest absolute Gasteiger partial charge is 0.263 e. The lowest BCUT2D eigenvalue weighted by Crippen LogP contribution is -2.28. The van der Waals surface area contributed by atoms with Gasteiger partial charge in [0.25, 0.3) is 5.91 Å². The third-order valence-electron chi connectivity index (χ3n) is 4.55. The van der Waals surface area contributed by atoms with E-state index in [-0.39, 0.29) is 5.91 Å². The van der Waals surface area contributed by atoms with E-state index in [0.717, 1.165) is 23.3 Å². The number of carbonyl (C=O) groups is 1. The average Bonchev–Trinajstić information content (AvgIpc) is 3.01. The number of rotatable bonds is 3. The summed E-state index contributed by atoms with van der Waals surface area (Å²) in [6.07, 6.45) is 8.62. The monoisotopic (exact) mass is 355 g/mol. The number of alkyl halides is 1. The van der Waals surface area contributed by atoms with E-state index in [9.17, 15) is 4.79 Å². The highest BCUT2D eigenvalue weighted by atomic mass is 79.9. The minimum Gasteiger partial charge on any atom is -0.338 e. The Morgan fingerprint density at radius 1 is 1.35 bits per heavy atom. The average molecular weight is 356 g/mol. The predicted molar refractivity (Wildman–Crippen MR) is 88.0 cm³/mol. The summed E-state index contributed by atoms with van der Waals surface area (Å²) in [6.45, 7) is 1.89.